The summed E-state index contributed by atoms with van der Waals surface area (Å²) in [7, 11) is 0. The third kappa shape index (κ3) is 6.06. The summed E-state index contributed by atoms with van der Waals surface area (Å²) >= 11 is 0. The Labute approximate surface area is 135 Å². The monoisotopic (exact) mass is 320 g/mol. The van der Waals surface area contributed by atoms with E-state index in [2.05, 4.69) is 28.8 Å². The van der Waals surface area contributed by atoms with E-state index in [1.807, 2.05) is 0 Å². The molecule has 0 fully saturated rings. The van der Waals surface area contributed by atoms with Gasteiger partial charge >= 0.3 is 0 Å². The van der Waals surface area contributed by atoms with Crippen LogP contribution in [0.3, 0.4) is 0 Å². The van der Waals surface area contributed by atoms with Gasteiger partial charge in [0.2, 0.25) is 17.6 Å². The Morgan fingerprint density at radius 2 is 2.00 bits per heavy atom. The molecule has 7 heteroatoms. The van der Waals surface area contributed by atoms with Crippen LogP contribution in [0.4, 0.5) is 0 Å². The Balaban J connectivity index is 2.63. The maximum absolute atomic E-state index is 12.3. The number of amides is 2. The molecule has 0 bridgehead atoms. The first-order valence-electron chi connectivity index (χ1n) is 7.79. The second-order valence-electron chi connectivity index (χ2n) is 5.36. The van der Waals surface area contributed by atoms with E-state index in [0.717, 1.165) is 32.1 Å². The standard InChI is InChI=1S/C16H24N4O3/c1-3-4-5-6-7-8-12(21)20-13(11(2)15(17)23)14(22)16-18-9-10-19-16/h9-10,13H,2-8H2,1H3,(H2,17,23)(H,18,19)(H,20,21)/t13-/m1/s1. The van der Waals surface area contributed by atoms with Crippen molar-refractivity contribution in [1.82, 2.24) is 15.3 Å². The summed E-state index contributed by atoms with van der Waals surface area (Å²) in [5.41, 5.74) is 5.02. The van der Waals surface area contributed by atoms with Crippen molar-refractivity contribution in [2.24, 2.45) is 5.73 Å². The minimum atomic E-state index is -1.19. The summed E-state index contributed by atoms with van der Waals surface area (Å²) in [6.45, 7) is 5.63. The number of unbranched alkanes of at least 4 members (excludes halogenated alkanes) is 4. The molecule has 7 nitrogen and oxygen atoms in total. The number of primary amides is 1. The van der Waals surface area contributed by atoms with Gasteiger partial charge in [-0.3, -0.25) is 14.4 Å². The number of carbonyl (C=O) groups excluding carboxylic acids is 3. The van der Waals surface area contributed by atoms with E-state index in [1.54, 1.807) is 0 Å². The summed E-state index contributed by atoms with van der Waals surface area (Å²) < 4.78 is 0. The topological polar surface area (TPSA) is 118 Å². The maximum Gasteiger partial charge on any atom is 0.246 e. The Kier molecular flexibility index (Phi) is 7.73. The molecule has 126 valence electrons. The Bertz CT molecular complexity index is 552. The molecule has 4 N–H and O–H groups in total. The molecule has 0 aliphatic rings. The van der Waals surface area contributed by atoms with Crippen LogP contribution in [0.2, 0.25) is 0 Å². The molecule has 1 atom stereocenters. The van der Waals surface area contributed by atoms with Crippen molar-refractivity contribution in [3.63, 3.8) is 0 Å². The molecule has 0 radical (unpaired) electrons. The van der Waals surface area contributed by atoms with Crippen molar-refractivity contribution in [3.8, 4) is 0 Å². The van der Waals surface area contributed by atoms with Gasteiger partial charge in [-0.15, -0.1) is 0 Å². The number of nitrogens with two attached hydrogens (primary N) is 1. The van der Waals surface area contributed by atoms with Gasteiger partial charge in [-0.1, -0.05) is 39.2 Å². The van der Waals surface area contributed by atoms with E-state index in [0.29, 0.717) is 0 Å². The molecule has 0 aliphatic carbocycles. The molecule has 23 heavy (non-hydrogen) atoms. The van der Waals surface area contributed by atoms with Crippen LogP contribution in [0.5, 0.6) is 0 Å². The molecule has 2 amide bonds. The highest BCUT2D eigenvalue weighted by Gasteiger charge is 2.28. The van der Waals surface area contributed by atoms with E-state index < -0.39 is 17.7 Å². The van der Waals surface area contributed by atoms with E-state index in [9.17, 15) is 14.4 Å². The van der Waals surface area contributed by atoms with Gasteiger partial charge < -0.3 is 16.0 Å². The van der Waals surface area contributed by atoms with Gasteiger partial charge in [-0.2, -0.15) is 0 Å². The summed E-state index contributed by atoms with van der Waals surface area (Å²) in [4.78, 5) is 42.1. The van der Waals surface area contributed by atoms with Crippen LogP contribution in [0.1, 0.15) is 56.1 Å². The Morgan fingerprint density at radius 1 is 1.30 bits per heavy atom. The van der Waals surface area contributed by atoms with Gasteiger partial charge in [0.15, 0.2) is 5.82 Å². The summed E-state index contributed by atoms with van der Waals surface area (Å²) in [5, 5.41) is 2.53. The lowest BCUT2D eigenvalue weighted by Crippen LogP contribution is -2.45. The van der Waals surface area contributed by atoms with E-state index >= 15 is 0 Å². The first kappa shape index (κ1) is 18.6. The number of nitrogens with one attached hydrogen (secondary N) is 2. The quantitative estimate of drug-likeness (QED) is 0.325. The molecular weight excluding hydrogens is 296 g/mol. The number of nitrogens with zero attached hydrogens (tertiary/aromatic N) is 1. The average Bonchev–Trinajstić information content (AvgIpc) is 3.05. The number of carbonyl (C=O) groups is 3. The predicted octanol–water partition coefficient (Wildman–Crippen LogP) is 1.48. The second kappa shape index (κ2) is 9.55. The molecule has 1 aromatic rings. The zero-order chi connectivity index (χ0) is 17.2. The van der Waals surface area contributed by atoms with Crippen LogP contribution in [0.25, 0.3) is 0 Å². The summed E-state index contributed by atoms with van der Waals surface area (Å²) in [6.07, 6.45) is 8.21. The molecule has 0 aromatic carbocycles. The molecule has 0 spiro atoms. The minimum Gasteiger partial charge on any atom is -0.366 e. The molecular formula is C16H24N4O3. The Morgan fingerprint density at radius 3 is 2.57 bits per heavy atom. The largest absolute Gasteiger partial charge is 0.366 e. The summed E-state index contributed by atoms with van der Waals surface area (Å²) in [5.74, 6) is -1.65. The number of Topliss-reactive ketones (excluding diaryl/α,β-unsaturated/α-hetero) is 1. The molecule has 0 aliphatic heterocycles. The van der Waals surface area contributed by atoms with Crippen LogP contribution in [-0.4, -0.2) is 33.6 Å². The van der Waals surface area contributed by atoms with Crippen molar-refractivity contribution in [2.75, 3.05) is 0 Å². The molecule has 0 saturated carbocycles. The fourth-order valence-corrected chi connectivity index (χ4v) is 2.11. The van der Waals surface area contributed by atoms with Crippen molar-refractivity contribution in [3.05, 3.63) is 30.4 Å². The number of rotatable bonds is 11. The van der Waals surface area contributed by atoms with Gasteiger partial charge in [0, 0.05) is 24.4 Å². The second-order valence-corrected chi connectivity index (χ2v) is 5.36. The van der Waals surface area contributed by atoms with Crippen molar-refractivity contribution in [1.29, 1.82) is 0 Å². The van der Waals surface area contributed by atoms with Gasteiger partial charge in [0.1, 0.15) is 6.04 Å². The third-order valence-electron chi connectivity index (χ3n) is 3.47. The Hall–Kier alpha value is -2.44. The SMILES string of the molecule is C=C(C(N)=O)[C@@H](NC(=O)CCCCCCC)C(=O)c1ncc[nH]1. The zero-order valence-corrected chi connectivity index (χ0v) is 13.4. The lowest BCUT2D eigenvalue weighted by Gasteiger charge is -2.17. The number of aromatic amines is 1. The first-order valence-corrected chi connectivity index (χ1v) is 7.79. The number of ketones is 1. The highest BCUT2D eigenvalue weighted by atomic mass is 16.2. The third-order valence-corrected chi connectivity index (χ3v) is 3.47. The van der Waals surface area contributed by atoms with Crippen LogP contribution >= 0.6 is 0 Å². The van der Waals surface area contributed by atoms with Crippen LogP contribution in [-0.2, 0) is 9.59 Å². The van der Waals surface area contributed by atoms with Crippen LogP contribution < -0.4 is 11.1 Å². The van der Waals surface area contributed by atoms with Crippen molar-refractivity contribution < 1.29 is 14.4 Å². The lowest BCUT2D eigenvalue weighted by atomic mass is 10.0. The fraction of sp³-hybridized carbons (Fsp3) is 0.500. The van der Waals surface area contributed by atoms with E-state index in [1.165, 1.54) is 12.4 Å². The summed E-state index contributed by atoms with van der Waals surface area (Å²) in [6, 6.07) is -1.19. The fourth-order valence-electron chi connectivity index (χ4n) is 2.11. The van der Waals surface area contributed by atoms with E-state index in [-0.39, 0.29) is 23.7 Å². The normalized spacial score (nSPS) is 11.7. The molecule has 1 aromatic heterocycles. The molecule has 1 heterocycles. The van der Waals surface area contributed by atoms with E-state index in [4.69, 9.17) is 5.73 Å². The van der Waals surface area contributed by atoms with Gasteiger partial charge in [-0.05, 0) is 6.42 Å². The average molecular weight is 320 g/mol. The van der Waals surface area contributed by atoms with Crippen LogP contribution in [0.15, 0.2) is 24.5 Å². The minimum absolute atomic E-state index is 0.0423. The predicted molar refractivity (Wildman–Crippen MR) is 86.6 cm³/mol. The number of H-pyrrole nitrogens is 1. The van der Waals surface area contributed by atoms with Gasteiger partial charge in [-0.25, -0.2) is 4.98 Å². The smallest absolute Gasteiger partial charge is 0.246 e. The first-order chi connectivity index (χ1) is 11.0. The molecule has 0 unspecified atom stereocenters. The van der Waals surface area contributed by atoms with Gasteiger partial charge in [0.05, 0.1) is 0 Å². The highest BCUT2D eigenvalue weighted by Crippen LogP contribution is 2.09. The highest BCUT2D eigenvalue weighted by molar-refractivity contribution is 6.08. The maximum atomic E-state index is 12.3. The number of aromatic nitrogens is 2. The number of imidazole rings is 1. The molecule has 1 rings (SSSR count). The zero-order valence-electron chi connectivity index (χ0n) is 13.4. The molecule has 0 saturated heterocycles. The lowest BCUT2D eigenvalue weighted by molar-refractivity contribution is -0.121. The number of hydrogen-bond donors (Lipinski definition) is 3. The van der Waals surface area contributed by atoms with Crippen LogP contribution in [0, 0.1) is 0 Å². The van der Waals surface area contributed by atoms with Crippen molar-refractivity contribution >= 4 is 17.6 Å². The van der Waals surface area contributed by atoms with Crippen molar-refractivity contribution in [2.45, 2.75) is 51.5 Å². The van der Waals surface area contributed by atoms with Gasteiger partial charge in [0.25, 0.3) is 0 Å². The number of hydrogen-bond acceptors (Lipinski definition) is 4.